The van der Waals surface area contributed by atoms with Crippen molar-refractivity contribution in [3.05, 3.63) is 34.3 Å². The third kappa shape index (κ3) is 4.28. The van der Waals surface area contributed by atoms with Gasteiger partial charge in [-0.3, -0.25) is 4.90 Å². The van der Waals surface area contributed by atoms with E-state index in [1.807, 2.05) is 31.2 Å². The molecular formula is C14H20BrNO3S. The lowest BCUT2D eigenvalue weighted by molar-refractivity contribution is 0.131. The molecule has 0 aromatic heterocycles. The largest absolute Gasteiger partial charge is 0.388 e. The molecule has 1 heterocycles. The first-order chi connectivity index (χ1) is 9.37. The van der Waals surface area contributed by atoms with Crippen molar-refractivity contribution < 1.29 is 13.5 Å². The van der Waals surface area contributed by atoms with Crippen LogP contribution in [0.1, 0.15) is 25.0 Å². The molecule has 1 N–H and O–H groups in total. The Morgan fingerprint density at radius 2 is 2.25 bits per heavy atom. The molecule has 0 saturated carbocycles. The highest BCUT2D eigenvalue weighted by Crippen LogP contribution is 2.22. The quantitative estimate of drug-likeness (QED) is 0.890. The molecule has 4 nitrogen and oxygen atoms in total. The Morgan fingerprint density at radius 1 is 1.50 bits per heavy atom. The predicted octanol–water partition coefficient (Wildman–Crippen LogP) is 1.99. The second-order valence-corrected chi connectivity index (χ2v) is 8.50. The molecule has 1 fully saturated rings. The second kappa shape index (κ2) is 6.56. The van der Waals surface area contributed by atoms with E-state index in [-0.39, 0.29) is 17.5 Å². The van der Waals surface area contributed by atoms with Crippen LogP contribution in [-0.4, -0.2) is 49.1 Å². The highest BCUT2D eigenvalue weighted by molar-refractivity contribution is 9.10. The minimum Gasteiger partial charge on any atom is -0.388 e. The molecule has 20 heavy (non-hydrogen) atoms. The summed E-state index contributed by atoms with van der Waals surface area (Å²) in [5.74, 6) is 0.449. The topological polar surface area (TPSA) is 57.6 Å². The summed E-state index contributed by atoms with van der Waals surface area (Å²) in [5.41, 5.74) is 0.886. The van der Waals surface area contributed by atoms with Crippen LogP contribution in [0.2, 0.25) is 0 Å². The molecule has 0 spiro atoms. The van der Waals surface area contributed by atoms with E-state index >= 15 is 0 Å². The predicted molar refractivity (Wildman–Crippen MR) is 83.4 cm³/mol. The molecule has 1 aromatic carbocycles. The van der Waals surface area contributed by atoms with E-state index < -0.39 is 15.9 Å². The van der Waals surface area contributed by atoms with Crippen LogP contribution in [0.25, 0.3) is 0 Å². The number of aliphatic hydroxyl groups is 1. The summed E-state index contributed by atoms with van der Waals surface area (Å²) in [7, 11) is -2.87. The van der Waals surface area contributed by atoms with E-state index in [4.69, 9.17) is 0 Å². The summed E-state index contributed by atoms with van der Waals surface area (Å²) in [5, 5.41) is 10.2. The van der Waals surface area contributed by atoms with E-state index in [9.17, 15) is 13.5 Å². The van der Waals surface area contributed by atoms with Crippen LogP contribution in [0, 0.1) is 0 Å². The number of halogens is 1. The molecule has 2 rings (SSSR count). The van der Waals surface area contributed by atoms with E-state index in [2.05, 4.69) is 20.8 Å². The average molecular weight is 362 g/mol. The van der Waals surface area contributed by atoms with E-state index in [1.54, 1.807) is 0 Å². The minimum atomic E-state index is -2.87. The molecule has 2 atom stereocenters. The van der Waals surface area contributed by atoms with Crippen molar-refractivity contribution in [1.82, 2.24) is 4.90 Å². The third-order valence-corrected chi connectivity index (χ3v) is 6.02. The lowest BCUT2D eigenvalue weighted by atomic mass is 10.1. The summed E-state index contributed by atoms with van der Waals surface area (Å²) >= 11 is 3.39. The first kappa shape index (κ1) is 15.9. The Bertz CT molecular complexity index is 561. The minimum absolute atomic E-state index is 0.0310. The number of nitrogens with zero attached hydrogens (tertiary/aromatic N) is 1. The van der Waals surface area contributed by atoms with Crippen LogP contribution >= 0.6 is 15.9 Å². The number of aliphatic hydroxyl groups excluding tert-OH is 1. The van der Waals surface area contributed by atoms with Crippen molar-refractivity contribution in [2.45, 2.75) is 25.5 Å². The van der Waals surface area contributed by atoms with Crippen molar-refractivity contribution in [1.29, 1.82) is 0 Å². The first-order valence-corrected chi connectivity index (χ1v) is 9.37. The summed E-state index contributed by atoms with van der Waals surface area (Å²) in [4.78, 5) is 2.14. The summed E-state index contributed by atoms with van der Waals surface area (Å²) in [6.07, 6.45) is 0.0964. The smallest absolute Gasteiger partial charge is 0.153 e. The Labute approximate surface area is 128 Å². The molecule has 0 amide bonds. The summed E-state index contributed by atoms with van der Waals surface area (Å²) in [6.45, 7) is 3.21. The zero-order chi connectivity index (χ0) is 14.8. The molecule has 1 saturated heterocycles. The van der Waals surface area contributed by atoms with Gasteiger partial charge in [0.15, 0.2) is 9.84 Å². The monoisotopic (exact) mass is 361 g/mol. The average Bonchev–Trinajstić information content (AvgIpc) is 2.36. The van der Waals surface area contributed by atoms with Crippen LogP contribution in [0.4, 0.5) is 0 Å². The van der Waals surface area contributed by atoms with Gasteiger partial charge in [0.2, 0.25) is 0 Å². The fourth-order valence-electron chi connectivity index (χ4n) is 2.53. The maximum Gasteiger partial charge on any atom is 0.153 e. The Balaban J connectivity index is 1.89. The normalized spacial score (nSPS) is 24.4. The Kier molecular flexibility index (Phi) is 5.23. The third-order valence-electron chi connectivity index (χ3n) is 3.73. The van der Waals surface area contributed by atoms with Gasteiger partial charge in [-0.2, -0.15) is 0 Å². The number of sulfone groups is 1. The molecule has 112 valence electrons. The van der Waals surface area contributed by atoms with Gasteiger partial charge in [0.05, 0.1) is 17.6 Å². The molecule has 0 radical (unpaired) electrons. The first-order valence-electron chi connectivity index (χ1n) is 6.75. The van der Waals surface area contributed by atoms with Crippen molar-refractivity contribution in [3.63, 3.8) is 0 Å². The van der Waals surface area contributed by atoms with Crippen molar-refractivity contribution >= 4 is 25.8 Å². The summed E-state index contributed by atoms with van der Waals surface area (Å²) < 4.78 is 24.0. The molecule has 1 aromatic rings. The van der Waals surface area contributed by atoms with Gasteiger partial charge in [0.1, 0.15) is 0 Å². The standard InChI is InChI=1S/C14H20BrNO3S/c1-11-10-20(18,19)8-7-16(11)6-5-14(17)12-3-2-4-13(15)9-12/h2-4,9,11,14,17H,5-8,10H2,1H3. The molecule has 1 aliphatic rings. The van der Waals surface area contributed by atoms with E-state index in [0.717, 1.165) is 10.0 Å². The zero-order valence-corrected chi connectivity index (χ0v) is 13.9. The number of benzene rings is 1. The van der Waals surface area contributed by atoms with Crippen molar-refractivity contribution in [2.75, 3.05) is 24.6 Å². The van der Waals surface area contributed by atoms with Crippen molar-refractivity contribution in [2.24, 2.45) is 0 Å². The molecular weight excluding hydrogens is 342 g/mol. The molecule has 0 aliphatic carbocycles. The second-order valence-electron chi connectivity index (χ2n) is 5.36. The van der Waals surface area contributed by atoms with Crippen LogP contribution in [0.5, 0.6) is 0 Å². The van der Waals surface area contributed by atoms with Gasteiger partial charge in [-0.1, -0.05) is 28.1 Å². The molecule has 0 bridgehead atoms. The SMILES string of the molecule is CC1CS(=O)(=O)CCN1CCC(O)c1cccc(Br)c1. The summed E-state index contributed by atoms with van der Waals surface area (Å²) in [6, 6.07) is 7.67. The number of rotatable bonds is 4. The van der Waals surface area contributed by atoms with Crippen molar-refractivity contribution in [3.8, 4) is 0 Å². The fraction of sp³-hybridized carbons (Fsp3) is 0.571. The van der Waals surface area contributed by atoms with Gasteiger partial charge in [-0.25, -0.2) is 8.42 Å². The van der Waals surface area contributed by atoms with Gasteiger partial charge in [-0.05, 0) is 31.0 Å². The fourth-order valence-corrected chi connectivity index (χ4v) is 4.58. The lowest BCUT2D eigenvalue weighted by Gasteiger charge is -2.33. The maximum absolute atomic E-state index is 11.5. The van der Waals surface area contributed by atoms with Gasteiger partial charge < -0.3 is 5.11 Å². The number of hydrogen-bond donors (Lipinski definition) is 1. The highest BCUT2D eigenvalue weighted by Gasteiger charge is 2.28. The maximum atomic E-state index is 11.5. The van der Waals surface area contributed by atoms with Crippen LogP contribution in [-0.2, 0) is 9.84 Å². The zero-order valence-electron chi connectivity index (χ0n) is 11.5. The highest BCUT2D eigenvalue weighted by atomic mass is 79.9. The molecule has 6 heteroatoms. The Hall–Kier alpha value is -0.430. The van der Waals surface area contributed by atoms with Crippen LogP contribution in [0.15, 0.2) is 28.7 Å². The van der Waals surface area contributed by atoms with Crippen LogP contribution < -0.4 is 0 Å². The number of hydrogen-bond acceptors (Lipinski definition) is 4. The molecule has 2 unspecified atom stereocenters. The van der Waals surface area contributed by atoms with Gasteiger partial charge in [0.25, 0.3) is 0 Å². The lowest BCUT2D eigenvalue weighted by Crippen LogP contribution is -2.47. The van der Waals surface area contributed by atoms with Crippen LogP contribution in [0.3, 0.4) is 0 Å². The van der Waals surface area contributed by atoms with Gasteiger partial charge >= 0.3 is 0 Å². The van der Waals surface area contributed by atoms with E-state index in [0.29, 0.717) is 19.5 Å². The van der Waals surface area contributed by atoms with E-state index in [1.165, 1.54) is 0 Å². The molecule has 1 aliphatic heterocycles. The van der Waals surface area contributed by atoms with Gasteiger partial charge in [0, 0.05) is 23.6 Å². The van der Waals surface area contributed by atoms with Gasteiger partial charge in [-0.15, -0.1) is 0 Å². The Morgan fingerprint density at radius 3 is 2.90 bits per heavy atom.